The van der Waals surface area contributed by atoms with Crippen LogP contribution in [0.25, 0.3) is 0 Å². The Hall–Kier alpha value is -1.96. The average Bonchev–Trinajstić information content (AvgIpc) is 2.84. The minimum Gasteiger partial charge on any atom is -0.359 e. The molecule has 0 bridgehead atoms. The van der Waals surface area contributed by atoms with Gasteiger partial charge in [-0.2, -0.15) is 0 Å². The predicted molar refractivity (Wildman–Crippen MR) is 83.4 cm³/mol. The molecule has 112 valence electrons. The molecule has 0 radical (unpaired) electrons. The van der Waals surface area contributed by atoms with E-state index in [0.29, 0.717) is 10.3 Å². The van der Waals surface area contributed by atoms with Crippen molar-refractivity contribution in [3.05, 3.63) is 45.1 Å². The van der Waals surface area contributed by atoms with Gasteiger partial charge in [-0.1, -0.05) is 0 Å². The number of pyridine rings is 1. The maximum Gasteiger partial charge on any atom is 0.288 e. The van der Waals surface area contributed by atoms with E-state index >= 15 is 0 Å². The van der Waals surface area contributed by atoms with E-state index in [2.05, 4.69) is 30.5 Å². The highest BCUT2D eigenvalue weighted by molar-refractivity contribution is 9.10. The summed E-state index contributed by atoms with van der Waals surface area (Å²) in [5.74, 6) is 1.69. The van der Waals surface area contributed by atoms with E-state index in [1.165, 1.54) is 12.3 Å². The third-order valence-corrected chi connectivity index (χ3v) is 3.78. The van der Waals surface area contributed by atoms with Crippen LogP contribution in [-0.4, -0.2) is 33.1 Å². The molecule has 2 rings (SSSR count). The van der Waals surface area contributed by atoms with Crippen LogP contribution in [0.5, 0.6) is 0 Å². The van der Waals surface area contributed by atoms with Gasteiger partial charge in [0.15, 0.2) is 0 Å². The molecule has 0 N–H and O–H groups in total. The molecular formula is C13H16BrN5O2. The fourth-order valence-corrected chi connectivity index (χ4v) is 2.67. The number of rotatable bonds is 6. The zero-order valence-corrected chi connectivity index (χ0v) is 13.4. The van der Waals surface area contributed by atoms with Crippen LogP contribution in [0, 0.1) is 17.0 Å². The van der Waals surface area contributed by atoms with Gasteiger partial charge in [-0.05, 0) is 29.3 Å². The lowest BCUT2D eigenvalue weighted by Crippen LogP contribution is -2.21. The summed E-state index contributed by atoms with van der Waals surface area (Å²) < 4.78 is 2.71. The first-order chi connectivity index (χ1) is 9.99. The molecule has 0 saturated carbocycles. The van der Waals surface area contributed by atoms with Gasteiger partial charge in [0.25, 0.3) is 5.69 Å². The molecule has 0 unspecified atom stereocenters. The zero-order valence-electron chi connectivity index (χ0n) is 11.9. The molecule has 0 atom stereocenters. The third-order valence-electron chi connectivity index (χ3n) is 3.20. The van der Waals surface area contributed by atoms with Gasteiger partial charge in [-0.25, -0.2) is 9.97 Å². The number of hydrogen-bond donors (Lipinski definition) is 0. The van der Waals surface area contributed by atoms with E-state index < -0.39 is 4.92 Å². The SMILES string of the molecule is Cc1nccn1CCCN(C)c1ncc([N+](=O)[O-])cc1Br. The Bertz CT molecular complexity index is 643. The molecule has 0 saturated heterocycles. The van der Waals surface area contributed by atoms with Crippen LogP contribution in [0.4, 0.5) is 11.5 Å². The Morgan fingerprint density at radius 1 is 1.48 bits per heavy atom. The second-order valence-electron chi connectivity index (χ2n) is 4.70. The largest absolute Gasteiger partial charge is 0.359 e. The van der Waals surface area contributed by atoms with Crippen LogP contribution in [0.3, 0.4) is 0 Å². The van der Waals surface area contributed by atoms with E-state index in [4.69, 9.17) is 0 Å². The molecule has 0 amide bonds. The standard InChI is InChI=1S/C13H16BrN5O2/c1-10-15-4-7-18(10)6-3-5-17(2)13-12(14)8-11(9-16-13)19(20)21/h4,7-9H,3,5-6H2,1-2H3. The van der Waals surface area contributed by atoms with E-state index in [-0.39, 0.29) is 5.69 Å². The fourth-order valence-electron chi connectivity index (χ4n) is 2.03. The van der Waals surface area contributed by atoms with Crippen LogP contribution < -0.4 is 4.90 Å². The van der Waals surface area contributed by atoms with Crippen LogP contribution in [0.2, 0.25) is 0 Å². The van der Waals surface area contributed by atoms with Gasteiger partial charge in [-0.3, -0.25) is 10.1 Å². The Kier molecular flexibility index (Phi) is 4.89. The summed E-state index contributed by atoms with van der Waals surface area (Å²) in [7, 11) is 1.92. The lowest BCUT2D eigenvalue weighted by Gasteiger charge is -2.19. The number of aromatic nitrogens is 3. The molecule has 7 nitrogen and oxygen atoms in total. The first kappa shape index (κ1) is 15.4. The van der Waals surface area contributed by atoms with Crippen molar-refractivity contribution in [1.82, 2.24) is 14.5 Å². The maximum absolute atomic E-state index is 10.7. The van der Waals surface area contributed by atoms with Gasteiger partial charge < -0.3 is 9.47 Å². The second kappa shape index (κ2) is 6.66. The maximum atomic E-state index is 10.7. The van der Waals surface area contributed by atoms with Crippen LogP contribution in [-0.2, 0) is 6.54 Å². The fraction of sp³-hybridized carbons (Fsp3) is 0.385. The second-order valence-corrected chi connectivity index (χ2v) is 5.55. The third kappa shape index (κ3) is 3.78. The Balaban J connectivity index is 1.95. The Morgan fingerprint density at radius 2 is 2.24 bits per heavy atom. The summed E-state index contributed by atoms with van der Waals surface area (Å²) in [5.41, 5.74) is -0.0203. The Morgan fingerprint density at radius 3 is 2.81 bits per heavy atom. The van der Waals surface area contributed by atoms with E-state index in [1.807, 2.05) is 25.1 Å². The average molecular weight is 354 g/mol. The smallest absolute Gasteiger partial charge is 0.288 e. The van der Waals surface area contributed by atoms with Gasteiger partial charge >= 0.3 is 0 Å². The molecule has 2 aromatic heterocycles. The molecule has 21 heavy (non-hydrogen) atoms. The van der Waals surface area contributed by atoms with Crippen molar-refractivity contribution in [3.63, 3.8) is 0 Å². The molecule has 0 spiro atoms. The van der Waals surface area contributed by atoms with Crippen molar-refractivity contribution >= 4 is 27.4 Å². The van der Waals surface area contributed by atoms with Crippen LogP contribution in [0.15, 0.2) is 29.1 Å². The van der Waals surface area contributed by atoms with E-state index in [9.17, 15) is 10.1 Å². The number of anilines is 1. The van der Waals surface area contributed by atoms with Crippen molar-refractivity contribution in [2.75, 3.05) is 18.5 Å². The van der Waals surface area contributed by atoms with E-state index in [1.54, 1.807) is 6.20 Å². The lowest BCUT2D eigenvalue weighted by atomic mass is 10.3. The molecule has 0 fully saturated rings. The molecule has 0 aliphatic heterocycles. The van der Waals surface area contributed by atoms with Gasteiger partial charge in [-0.15, -0.1) is 0 Å². The number of halogens is 1. The highest BCUT2D eigenvalue weighted by Crippen LogP contribution is 2.26. The summed E-state index contributed by atoms with van der Waals surface area (Å²) in [4.78, 5) is 20.5. The number of hydrogen-bond acceptors (Lipinski definition) is 5. The first-order valence-electron chi connectivity index (χ1n) is 6.48. The molecule has 8 heteroatoms. The number of nitrogens with zero attached hydrogens (tertiary/aromatic N) is 5. The van der Waals surface area contributed by atoms with E-state index in [0.717, 1.165) is 25.3 Å². The number of imidazole rings is 1. The minimum absolute atomic E-state index is 0.0203. The van der Waals surface area contributed by atoms with Gasteiger partial charge in [0.2, 0.25) is 0 Å². The van der Waals surface area contributed by atoms with Crippen molar-refractivity contribution in [2.24, 2.45) is 0 Å². The number of nitro groups is 1. The molecule has 2 heterocycles. The van der Waals surface area contributed by atoms with Gasteiger partial charge in [0.1, 0.15) is 17.8 Å². The van der Waals surface area contributed by atoms with Crippen molar-refractivity contribution in [1.29, 1.82) is 0 Å². The predicted octanol–water partition coefficient (Wildman–Crippen LogP) is 2.78. The highest BCUT2D eigenvalue weighted by Gasteiger charge is 2.13. The van der Waals surface area contributed by atoms with Crippen molar-refractivity contribution < 1.29 is 4.92 Å². The topological polar surface area (TPSA) is 77.1 Å². The highest BCUT2D eigenvalue weighted by atomic mass is 79.9. The molecule has 0 aromatic carbocycles. The summed E-state index contributed by atoms with van der Waals surface area (Å²) in [6.07, 6.45) is 5.94. The Labute approximate surface area is 130 Å². The van der Waals surface area contributed by atoms with Crippen molar-refractivity contribution in [3.8, 4) is 0 Å². The summed E-state index contributed by atoms with van der Waals surface area (Å²) >= 11 is 3.33. The summed E-state index contributed by atoms with van der Waals surface area (Å²) in [6.45, 7) is 3.64. The lowest BCUT2D eigenvalue weighted by molar-refractivity contribution is -0.385. The van der Waals surface area contributed by atoms with Crippen LogP contribution in [0.1, 0.15) is 12.2 Å². The molecule has 0 aliphatic carbocycles. The summed E-state index contributed by atoms with van der Waals surface area (Å²) in [6, 6.07) is 1.47. The van der Waals surface area contributed by atoms with Gasteiger partial charge in [0, 0.05) is 38.6 Å². The monoisotopic (exact) mass is 353 g/mol. The van der Waals surface area contributed by atoms with Crippen LogP contribution >= 0.6 is 15.9 Å². The number of aryl methyl sites for hydroxylation is 2. The van der Waals surface area contributed by atoms with Gasteiger partial charge in [0.05, 0.1) is 9.40 Å². The summed E-state index contributed by atoms with van der Waals surface area (Å²) in [5, 5.41) is 10.7. The molecule has 0 aliphatic rings. The zero-order chi connectivity index (χ0) is 15.4. The molecule has 2 aromatic rings. The normalized spacial score (nSPS) is 10.6. The minimum atomic E-state index is -0.455. The molecular weight excluding hydrogens is 338 g/mol. The van der Waals surface area contributed by atoms with Crippen molar-refractivity contribution in [2.45, 2.75) is 19.9 Å². The quantitative estimate of drug-likeness (QED) is 0.589. The first-order valence-corrected chi connectivity index (χ1v) is 7.27.